The molecule has 1 aromatic heterocycles. The van der Waals surface area contributed by atoms with Crippen molar-refractivity contribution < 1.29 is 14.4 Å². The molecule has 0 saturated carbocycles. The lowest BCUT2D eigenvalue weighted by Crippen LogP contribution is -2.29. The molecule has 8 nitrogen and oxygen atoms in total. The van der Waals surface area contributed by atoms with Crippen LogP contribution in [0.1, 0.15) is 33.2 Å². The number of fused-ring (bicyclic) bond motifs is 1. The molecule has 0 radical (unpaired) electrons. The van der Waals surface area contributed by atoms with Crippen molar-refractivity contribution in [3.8, 4) is 11.4 Å². The molecule has 1 N–H and O–H groups in total. The summed E-state index contributed by atoms with van der Waals surface area (Å²) in [5.74, 6) is 0.0617. The molecule has 5 rings (SSSR count). The molecule has 1 aliphatic heterocycles. The number of aromatic nitrogens is 3. The van der Waals surface area contributed by atoms with Crippen molar-refractivity contribution in [2.75, 3.05) is 16.0 Å². The van der Waals surface area contributed by atoms with E-state index in [4.69, 9.17) is 0 Å². The molecule has 0 fully saturated rings. The van der Waals surface area contributed by atoms with E-state index >= 15 is 0 Å². The number of rotatable bonds is 7. The zero-order chi connectivity index (χ0) is 25.2. The summed E-state index contributed by atoms with van der Waals surface area (Å²) >= 11 is 1.32. The minimum Gasteiger partial charge on any atom is -0.325 e. The number of benzene rings is 3. The highest BCUT2D eigenvalue weighted by molar-refractivity contribution is 7.99. The van der Waals surface area contributed by atoms with Crippen LogP contribution in [0.4, 0.5) is 11.4 Å². The van der Waals surface area contributed by atoms with Gasteiger partial charge in [0.05, 0.1) is 22.6 Å². The van der Waals surface area contributed by atoms with Crippen LogP contribution < -0.4 is 10.2 Å². The second kappa shape index (κ2) is 9.79. The normalized spacial score (nSPS) is 12.7. The first-order chi connectivity index (χ1) is 17.5. The van der Waals surface area contributed by atoms with Crippen molar-refractivity contribution >= 4 is 40.9 Å². The lowest BCUT2D eigenvalue weighted by Gasteiger charge is -2.14. The van der Waals surface area contributed by atoms with Gasteiger partial charge in [0, 0.05) is 17.8 Å². The third-order valence-electron chi connectivity index (χ3n) is 5.85. The van der Waals surface area contributed by atoms with Gasteiger partial charge in [0.25, 0.3) is 11.8 Å². The summed E-state index contributed by atoms with van der Waals surface area (Å²) in [5, 5.41) is 12.2. The van der Waals surface area contributed by atoms with Gasteiger partial charge in [-0.15, -0.1) is 10.2 Å². The Hall–Kier alpha value is -4.24. The van der Waals surface area contributed by atoms with Crippen molar-refractivity contribution in [2.24, 2.45) is 0 Å². The summed E-state index contributed by atoms with van der Waals surface area (Å²) in [6, 6.07) is 21.5. The first kappa shape index (κ1) is 23.5. The Morgan fingerprint density at radius 2 is 1.61 bits per heavy atom. The van der Waals surface area contributed by atoms with E-state index in [1.807, 2.05) is 54.8 Å². The predicted molar refractivity (Wildman–Crippen MR) is 139 cm³/mol. The number of aryl methyl sites for hydroxylation is 1. The second-order valence-corrected chi connectivity index (χ2v) is 9.24. The summed E-state index contributed by atoms with van der Waals surface area (Å²) in [6.07, 6.45) is 0. The Morgan fingerprint density at radius 3 is 2.25 bits per heavy atom. The average Bonchev–Trinajstić information content (AvgIpc) is 3.41. The number of carbonyl (C=O) groups is 3. The Morgan fingerprint density at radius 1 is 0.917 bits per heavy atom. The zero-order valence-corrected chi connectivity index (χ0v) is 20.6. The molecule has 0 spiro atoms. The van der Waals surface area contributed by atoms with Crippen molar-refractivity contribution in [1.29, 1.82) is 0 Å². The lowest BCUT2D eigenvalue weighted by atomic mass is 10.1. The number of nitrogens with zero attached hydrogens (tertiary/aromatic N) is 4. The van der Waals surface area contributed by atoms with E-state index in [2.05, 4.69) is 15.5 Å². The Kier molecular flexibility index (Phi) is 6.39. The van der Waals surface area contributed by atoms with Crippen LogP contribution in [0.5, 0.6) is 0 Å². The summed E-state index contributed by atoms with van der Waals surface area (Å²) in [4.78, 5) is 39.1. The van der Waals surface area contributed by atoms with Crippen LogP contribution in [0.2, 0.25) is 0 Å². The maximum absolute atomic E-state index is 12.8. The van der Waals surface area contributed by atoms with Crippen molar-refractivity contribution in [3.05, 3.63) is 89.5 Å². The molecular weight excluding hydrogens is 474 g/mol. The number of imide groups is 1. The van der Waals surface area contributed by atoms with E-state index in [1.54, 1.807) is 36.4 Å². The molecule has 9 heteroatoms. The van der Waals surface area contributed by atoms with E-state index in [-0.39, 0.29) is 23.5 Å². The largest absolute Gasteiger partial charge is 0.325 e. The van der Waals surface area contributed by atoms with E-state index in [9.17, 15) is 14.4 Å². The molecule has 3 aromatic carbocycles. The zero-order valence-electron chi connectivity index (χ0n) is 19.8. The highest BCUT2D eigenvalue weighted by Crippen LogP contribution is 2.31. The van der Waals surface area contributed by atoms with Crippen LogP contribution >= 0.6 is 11.8 Å². The molecule has 2 heterocycles. The van der Waals surface area contributed by atoms with Gasteiger partial charge in [-0.2, -0.15) is 0 Å². The number of thioether (sulfide) groups is 1. The topological polar surface area (TPSA) is 97.2 Å². The van der Waals surface area contributed by atoms with Crippen LogP contribution in [0.3, 0.4) is 0 Å². The van der Waals surface area contributed by atoms with Gasteiger partial charge in [-0.1, -0.05) is 36.0 Å². The maximum Gasteiger partial charge on any atom is 0.266 e. The van der Waals surface area contributed by atoms with Crippen LogP contribution in [-0.2, 0) is 11.3 Å². The van der Waals surface area contributed by atoms with Crippen molar-refractivity contribution in [3.63, 3.8) is 0 Å². The van der Waals surface area contributed by atoms with Gasteiger partial charge < -0.3 is 9.88 Å². The van der Waals surface area contributed by atoms with Crippen LogP contribution in [-0.4, -0.2) is 38.2 Å². The number of anilines is 2. The first-order valence-electron chi connectivity index (χ1n) is 11.5. The minimum atomic E-state index is -0.331. The summed E-state index contributed by atoms with van der Waals surface area (Å²) in [6.45, 7) is 4.57. The van der Waals surface area contributed by atoms with Gasteiger partial charge in [-0.3, -0.25) is 14.4 Å². The molecule has 0 saturated heterocycles. The fraction of sp³-hybridized carbons (Fsp3) is 0.148. The average molecular weight is 498 g/mol. The van der Waals surface area contributed by atoms with E-state index < -0.39 is 0 Å². The number of nitrogens with one attached hydrogen (secondary N) is 1. The van der Waals surface area contributed by atoms with E-state index in [1.165, 1.54) is 16.7 Å². The Labute approximate surface area is 212 Å². The summed E-state index contributed by atoms with van der Waals surface area (Å²) in [7, 11) is 0. The van der Waals surface area contributed by atoms with Gasteiger partial charge in [0.15, 0.2) is 11.0 Å². The molecule has 36 heavy (non-hydrogen) atoms. The Balaban J connectivity index is 1.30. The smallest absolute Gasteiger partial charge is 0.266 e. The minimum absolute atomic E-state index is 0.122. The highest BCUT2D eigenvalue weighted by Gasteiger charge is 2.36. The fourth-order valence-electron chi connectivity index (χ4n) is 4.13. The lowest BCUT2D eigenvalue weighted by molar-refractivity contribution is -0.113. The van der Waals surface area contributed by atoms with Crippen molar-refractivity contribution in [1.82, 2.24) is 14.8 Å². The SMILES string of the molecule is CCn1c(SCC(=O)Nc2cccc(C)c2)nnc1-c1ccc(N2C(=O)c3ccccc3C2=O)cc1. The number of hydrogen-bond acceptors (Lipinski definition) is 6. The van der Waals surface area contributed by atoms with Crippen LogP contribution in [0, 0.1) is 6.92 Å². The third kappa shape index (κ3) is 4.40. The highest BCUT2D eigenvalue weighted by atomic mass is 32.2. The van der Waals surface area contributed by atoms with Crippen LogP contribution in [0.15, 0.2) is 78.0 Å². The molecule has 0 aliphatic carbocycles. The van der Waals surface area contributed by atoms with E-state index in [0.717, 1.165) is 16.8 Å². The quantitative estimate of drug-likeness (QED) is 0.291. The third-order valence-corrected chi connectivity index (χ3v) is 6.81. The molecule has 0 atom stereocenters. The van der Waals surface area contributed by atoms with Gasteiger partial charge in [0.2, 0.25) is 5.91 Å². The van der Waals surface area contributed by atoms with Crippen LogP contribution in [0.25, 0.3) is 11.4 Å². The Bertz CT molecular complexity index is 1440. The molecule has 3 amide bonds. The molecule has 4 aromatic rings. The second-order valence-electron chi connectivity index (χ2n) is 8.29. The van der Waals surface area contributed by atoms with E-state index in [0.29, 0.717) is 34.3 Å². The molecular formula is C27H23N5O3S. The summed E-state index contributed by atoms with van der Waals surface area (Å²) < 4.78 is 1.93. The van der Waals surface area contributed by atoms with Crippen molar-refractivity contribution in [2.45, 2.75) is 25.5 Å². The molecule has 180 valence electrons. The molecule has 0 bridgehead atoms. The predicted octanol–water partition coefficient (Wildman–Crippen LogP) is 4.80. The van der Waals surface area contributed by atoms with Gasteiger partial charge in [-0.05, 0) is 67.9 Å². The number of carbonyl (C=O) groups excluding carboxylic acids is 3. The summed E-state index contributed by atoms with van der Waals surface area (Å²) in [5.41, 5.74) is 3.94. The monoisotopic (exact) mass is 497 g/mol. The number of amides is 3. The number of hydrogen-bond donors (Lipinski definition) is 1. The fourth-order valence-corrected chi connectivity index (χ4v) is 4.93. The molecule has 1 aliphatic rings. The first-order valence-corrected chi connectivity index (χ1v) is 12.5. The van der Waals surface area contributed by atoms with Gasteiger partial charge >= 0.3 is 0 Å². The standard InChI is InChI=1S/C27H23N5O3S/c1-3-31-24(29-30-27(31)36-16-23(33)28-19-8-6-7-17(2)15-19)18-11-13-20(14-12-18)32-25(34)21-9-4-5-10-22(21)26(32)35/h4-15H,3,16H2,1-2H3,(H,28,33). The maximum atomic E-state index is 12.8. The molecule has 0 unspecified atom stereocenters. The van der Waals surface area contributed by atoms with Gasteiger partial charge in [-0.25, -0.2) is 4.90 Å². The van der Waals surface area contributed by atoms with Gasteiger partial charge in [0.1, 0.15) is 0 Å².